The van der Waals surface area contributed by atoms with E-state index in [2.05, 4.69) is 35.6 Å². The first kappa shape index (κ1) is 17.3. The van der Waals surface area contributed by atoms with Gasteiger partial charge in [0.2, 0.25) is 5.91 Å². The second-order valence-corrected chi connectivity index (χ2v) is 8.14. The third-order valence-electron chi connectivity index (χ3n) is 5.45. The Hall–Kier alpha value is -2.14. The van der Waals surface area contributed by atoms with Gasteiger partial charge in [-0.15, -0.1) is 11.3 Å². The van der Waals surface area contributed by atoms with Crippen LogP contribution in [0.1, 0.15) is 40.6 Å². The van der Waals surface area contributed by atoms with Gasteiger partial charge >= 0.3 is 0 Å². The van der Waals surface area contributed by atoms with Crippen LogP contribution < -0.4 is 5.32 Å². The number of hydrogen-bond donors (Lipinski definition) is 1. The summed E-state index contributed by atoms with van der Waals surface area (Å²) in [6, 6.07) is 10.6. The van der Waals surface area contributed by atoms with Gasteiger partial charge in [-0.05, 0) is 55.4 Å². The highest BCUT2D eigenvalue weighted by Crippen LogP contribution is 2.40. The van der Waals surface area contributed by atoms with Gasteiger partial charge < -0.3 is 10.2 Å². The van der Waals surface area contributed by atoms with Crippen molar-refractivity contribution in [1.29, 1.82) is 0 Å². The first-order chi connectivity index (χ1) is 12.7. The number of likely N-dealkylation sites (tertiary alicyclic amines) is 1. The Balaban J connectivity index is 1.48. The van der Waals surface area contributed by atoms with E-state index in [0.717, 1.165) is 30.6 Å². The minimum absolute atomic E-state index is 0.0439. The molecule has 0 bridgehead atoms. The minimum Gasteiger partial charge on any atom is -0.356 e. The number of fused-ring (bicyclic) bond motifs is 3. The van der Waals surface area contributed by atoms with Crippen LogP contribution in [0, 0.1) is 5.92 Å². The zero-order valence-corrected chi connectivity index (χ0v) is 15.9. The van der Waals surface area contributed by atoms with E-state index in [1.54, 1.807) is 11.3 Å². The van der Waals surface area contributed by atoms with Gasteiger partial charge in [-0.25, -0.2) is 0 Å². The molecule has 1 aromatic heterocycles. The summed E-state index contributed by atoms with van der Waals surface area (Å²) in [6.07, 6.45) is 3.57. The van der Waals surface area contributed by atoms with Gasteiger partial charge in [0.15, 0.2) is 0 Å². The number of carbonyl (C=O) groups is 2. The van der Waals surface area contributed by atoms with Gasteiger partial charge in [0.05, 0.1) is 4.88 Å². The standard InChI is InChI=1S/C21H24N2O2S/c1-2-22-20(24)15-9-11-23(12-10-15)21(25)18-13-16-8-7-14-5-3-4-6-17(14)19(16)26-18/h3-6,13,15H,2,7-12H2,1H3,(H,22,24). The number of amides is 2. The molecule has 0 atom stereocenters. The third kappa shape index (κ3) is 3.16. The van der Waals surface area contributed by atoms with Crippen molar-refractivity contribution >= 4 is 23.2 Å². The molecule has 4 rings (SSSR count). The fourth-order valence-electron chi connectivity index (χ4n) is 4.00. The molecule has 1 N–H and O–H groups in total. The van der Waals surface area contributed by atoms with Crippen LogP contribution in [0.2, 0.25) is 0 Å². The lowest BCUT2D eigenvalue weighted by Crippen LogP contribution is -2.42. The number of nitrogens with one attached hydrogen (secondary N) is 1. The highest BCUT2D eigenvalue weighted by atomic mass is 32.1. The average molecular weight is 369 g/mol. The van der Waals surface area contributed by atoms with E-state index in [9.17, 15) is 9.59 Å². The molecule has 4 nitrogen and oxygen atoms in total. The van der Waals surface area contributed by atoms with Crippen molar-refractivity contribution in [2.24, 2.45) is 5.92 Å². The summed E-state index contributed by atoms with van der Waals surface area (Å²) < 4.78 is 0. The van der Waals surface area contributed by atoms with E-state index in [4.69, 9.17) is 0 Å². The Kier molecular flexibility index (Phi) is 4.81. The molecule has 1 saturated heterocycles. The van der Waals surface area contributed by atoms with Crippen molar-refractivity contribution in [2.75, 3.05) is 19.6 Å². The van der Waals surface area contributed by atoms with Gasteiger partial charge in [0.1, 0.15) is 0 Å². The van der Waals surface area contributed by atoms with E-state index < -0.39 is 0 Å². The van der Waals surface area contributed by atoms with E-state index in [0.29, 0.717) is 19.6 Å². The van der Waals surface area contributed by atoms with Crippen LogP contribution >= 0.6 is 11.3 Å². The number of thiophene rings is 1. The van der Waals surface area contributed by atoms with E-state index >= 15 is 0 Å². The lowest BCUT2D eigenvalue weighted by molar-refractivity contribution is -0.126. The summed E-state index contributed by atoms with van der Waals surface area (Å²) in [5.41, 5.74) is 3.96. The Morgan fingerprint density at radius 2 is 1.88 bits per heavy atom. The molecule has 0 spiro atoms. The highest BCUT2D eigenvalue weighted by Gasteiger charge is 2.29. The van der Waals surface area contributed by atoms with Crippen LogP contribution in [0.5, 0.6) is 0 Å². The molecule has 2 aromatic rings. The molecule has 5 heteroatoms. The molecule has 0 radical (unpaired) electrons. The van der Waals surface area contributed by atoms with Gasteiger partial charge in [0.25, 0.3) is 5.91 Å². The molecule has 1 aromatic carbocycles. The van der Waals surface area contributed by atoms with Crippen LogP contribution in [-0.4, -0.2) is 36.3 Å². The molecule has 1 aliphatic carbocycles. The summed E-state index contributed by atoms with van der Waals surface area (Å²) in [5.74, 6) is 0.293. The van der Waals surface area contributed by atoms with Crippen molar-refractivity contribution in [2.45, 2.75) is 32.6 Å². The van der Waals surface area contributed by atoms with Crippen molar-refractivity contribution in [3.05, 3.63) is 46.3 Å². The lowest BCUT2D eigenvalue weighted by atomic mass is 9.91. The number of rotatable bonds is 3. The Bertz CT molecular complexity index is 834. The van der Waals surface area contributed by atoms with Crippen molar-refractivity contribution in [3.8, 4) is 10.4 Å². The molecule has 136 valence electrons. The molecule has 0 saturated carbocycles. The fourth-order valence-corrected chi connectivity index (χ4v) is 5.23. The monoisotopic (exact) mass is 368 g/mol. The quantitative estimate of drug-likeness (QED) is 0.901. The van der Waals surface area contributed by atoms with Gasteiger partial charge in [-0.3, -0.25) is 9.59 Å². The van der Waals surface area contributed by atoms with E-state index in [1.807, 2.05) is 11.8 Å². The predicted octanol–water partition coefficient (Wildman–Crippen LogP) is 3.50. The number of aryl methyl sites for hydroxylation is 2. The third-order valence-corrected chi connectivity index (χ3v) is 6.65. The summed E-state index contributed by atoms with van der Waals surface area (Å²) in [6.45, 7) is 3.94. The van der Waals surface area contributed by atoms with Crippen LogP contribution in [0.25, 0.3) is 10.4 Å². The largest absolute Gasteiger partial charge is 0.356 e. The van der Waals surface area contributed by atoms with E-state index in [-0.39, 0.29) is 17.7 Å². The Morgan fingerprint density at radius 1 is 1.15 bits per heavy atom. The average Bonchev–Trinajstić information content (AvgIpc) is 3.12. The van der Waals surface area contributed by atoms with Crippen LogP contribution in [0.15, 0.2) is 30.3 Å². The SMILES string of the molecule is CCNC(=O)C1CCN(C(=O)c2cc3c(s2)-c2ccccc2CC3)CC1. The molecule has 2 heterocycles. The second-order valence-electron chi connectivity index (χ2n) is 7.08. The Morgan fingerprint density at radius 3 is 2.65 bits per heavy atom. The molecular formula is C21H24N2O2S. The maximum atomic E-state index is 13.0. The first-order valence-electron chi connectivity index (χ1n) is 9.45. The summed E-state index contributed by atoms with van der Waals surface area (Å²) in [5, 5.41) is 2.89. The predicted molar refractivity (Wildman–Crippen MR) is 104 cm³/mol. The number of piperidine rings is 1. The summed E-state index contributed by atoms with van der Waals surface area (Å²) in [4.78, 5) is 29.0. The summed E-state index contributed by atoms with van der Waals surface area (Å²) in [7, 11) is 0. The van der Waals surface area contributed by atoms with E-state index in [1.165, 1.54) is 21.6 Å². The number of nitrogens with zero attached hydrogens (tertiary/aromatic N) is 1. The highest BCUT2D eigenvalue weighted by molar-refractivity contribution is 7.17. The van der Waals surface area contributed by atoms with Gasteiger partial charge in [-0.1, -0.05) is 24.3 Å². The summed E-state index contributed by atoms with van der Waals surface area (Å²) >= 11 is 1.62. The van der Waals surface area contributed by atoms with Crippen molar-refractivity contribution < 1.29 is 9.59 Å². The normalized spacial score (nSPS) is 16.7. The number of carbonyl (C=O) groups excluding carboxylic acids is 2. The number of benzene rings is 1. The maximum Gasteiger partial charge on any atom is 0.263 e. The fraction of sp³-hybridized carbons (Fsp3) is 0.429. The van der Waals surface area contributed by atoms with Gasteiger partial charge in [-0.2, -0.15) is 0 Å². The molecule has 1 fully saturated rings. The molecule has 1 aliphatic heterocycles. The molecule has 2 amide bonds. The van der Waals surface area contributed by atoms with Crippen LogP contribution in [0.3, 0.4) is 0 Å². The first-order valence-corrected chi connectivity index (χ1v) is 10.3. The molecular weight excluding hydrogens is 344 g/mol. The number of hydrogen-bond acceptors (Lipinski definition) is 3. The molecule has 26 heavy (non-hydrogen) atoms. The zero-order chi connectivity index (χ0) is 18.1. The topological polar surface area (TPSA) is 49.4 Å². The van der Waals surface area contributed by atoms with Crippen LogP contribution in [0.4, 0.5) is 0 Å². The second kappa shape index (κ2) is 7.23. The molecule has 0 unspecified atom stereocenters. The smallest absolute Gasteiger partial charge is 0.263 e. The lowest BCUT2D eigenvalue weighted by Gasteiger charge is -2.31. The maximum absolute atomic E-state index is 13.0. The Labute approximate surface area is 158 Å². The zero-order valence-electron chi connectivity index (χ0n) is 15.1. The minimum atomic E-state index is 0.0439. The molecule has 2 aliphatic rings. The van der Waals surface area contributed by atoms with Gasteiger partial charge in [0, 0.05) is 30.4 Å². The van der Waals surface area contributed by atoms with Crippen LogP contribution in [-0.2, 0) is 17.6 Å². The van der Waals surface area contributed by atoms with Crippen molar-refractivity contribution in [1.82, 2.24) is 10.2 Å². The van der Waals surface area contributed by atoms with Crippen molar-refractivity contribution in [3.63, 3.8) is 0 Å².